The predicted octanol–water partition coefficient (Wildman–Crippen LogP) is 2.78. The average molecular weight is 328 g/mol. The third-order valence-corrected chi connectivity index (χ3v) is 4.00. The Morgan fingerprint density at radius 1 is 1.33 bits per heavy atom. The molecule has 112 valence electrons. The van der Waals surface area contributed by atoms with Gasteiger partial charge in [-0.2, -0.15) is 5.10 Å². The van der Waals surface area contributed by atoms with Crippen LogP contribution in [0.5, 0.6) is 0 Å². The molecule has 1 aliphatic heterocycles. The zero-order chi connectivity index (χ0) is 15.6. The Morgan fingerprint density at radius 3 is 2.67 bits per heavy atom. The van der Waals surface area contributed by atoms with Gasteiger partial charge in [0, 0.05) is 19.9 Å². The molecule has 1 N–H and O–H groups in total. The molecular weight excluding hydrogens is 313 g/mol. The maximum Gasteiger partial charge on any atom is 0.267 e. The van der Waals surface area contributed by atoms with Crippen LogP contribution in [0.4, 0.5) is 0 Å². The van der Waals surface area contributed by atoms with Crippen molar-refractivity contribution in [3.8, 4) is 0 Å². The molecule has 0 bridgehead atoms. The monoisotopic (exact) mass is 327 g/mol. The number of benzene rings is 1. The molecule has 1 heterocycles. The summed E-state index contributed by atoms with van der Waals surface area (Å²) < 4.78 is 0. The molecule has 21 heavy (non-hydrogen) atoms. The number of halogens is 2. The quantitative estimate of drug-likeness (QED) is 0.927. The van der Waals surface area contributed by atoms with Crippen LogP contribution in [0.2, 0.25) is 10.0 Å². The van der Waals surface area contributed by atoms with Crippen LogP contribution < -0.4 is 5.32 Å². The minimum Gasteiger partial charge on any atom is -0.344 e. The second-order valence-electron chi connectivity index (χ2n) is 4.83. The maximum absolute atomic E-state index is 12.1. The summed E-state index contributed by atoms with van der Waals surface area (Å²) in [5, 5.41) is 8.93. The average Bonchev–Trinajstić information content (AvgIpc) is 2.44. The second-order valence-corrected chi connectivity index (χ2v) is 5.65. The third-order valence-electron chi connectivity index (χ3n) is 3.26. The van der Waals surface area contributed by atoms with E-state index < -0.39 is 0 Å². The SMILES string of the molecule is C[C@H](NC(=O)C1=NN(C)C(=O)CC1)c1ccc(Cl)c(Cl)c1. The Balaban J connectivity index is 2.07. The van der Waals surface area contributed by atoms with Crippen LogP contribution in [0.15, 0.2) is 23.3 Å². The number of hydrogen-bond donors (Lipinski definition) is 1. The number of nitrogens with zero attached hydrogens (tertiary/aromatic N) is 2. The highest BCUT2D eigenvalue weighted by Crippen LogP contribution is 2.25. The van der Waals surface area contributed by atoms with Crippen LogP contribution in [-0.4, -0.2) is 29.6 Å². The Hall–Kier alpha value is -1.59. The topological polar surface area (TPSA) is 61.8 Å². The molecule has 0 spiro atoms. The molecule has 0 fully saturated rings. The molecule has 1 aromatic carbocycles. The highest BCUT2D eigenvalue weighted by Gasteiger charge is 2.23. The summed E-state index contributed by atoms with van der Waals surface area (Å²) in [7, 11) is 1.54. The van der Waals surface area contributed by atoms with Crippen LogP contribution in [-0.2, 0) is 9.59 Å². The van der Waals surface area contributed by atoms with Crippen LogP contribution in [0.25, 0.3) is 0 Å². The minimum absolute atomic E-state index is 0.0934. The van der Waals surface area contributed by atoms with Gasteiger partial charge in [-0.1, -0.05) is 29.3 Å². The van der Waals surface area contributed by atoms with Gasteiger partial charge in [0.1, 0.15) is 5.71 Å². The number of amides is 2. The fourth-order valence-corrected chi connectivity index (χ4v) is 2.28. The summed E-state index contributed by atoms with van der Waals surface area (Å²) in [6, 6.07) is 4.97. The van der Waals surface area contributed by atoms with Crippen molar-refractivity contribution in [1.82, 2.24) is 10.3 Å². The van der Waals surface area contributed by atoms with Crippen molar-refractivity contribution in [2.75, 3.05) is 7.05 Å². The lowest BCUT2D eigenvalue weighted by Gasteiger charge is -2.21. The lowest BCUT2D eigenvalue weighted by Crippen LogP contribution is -2.38. The van der Waals surface area contributed by atoms with Crippen molar-refractivity contribution in [2.45, 2.75) is 25.8 Å². The molecular formula is C14H15Cl2N3O2. The Morgan fingerprint density at radius 2 is 2.05 bits per heavy atom. The fourth-order valence-electron chi connectivity index (χ4n) is 1.98. The first kappa shape index (κ1) is 15.8. The number of rotatable bonds is 3. The van der Waals surface area contributed by atoms with E-state index in [9.17, 15) is 9.59 Å². The predicted molar refractivity (Wildman–Crippen MR) is 82.5 cm³/mol. The lowest BCUT2D eigenvalue weighted by molar-refractivity contribution is -0.130. The zero-order valence-electron chi connectivity index (χ0n) is 11.7. The maximum atomic E-state index is 12.1. The highest BCUT2D eigenvalue weighted by molar-refractivity contribution is 6.42. The molecule has 7 heteroatoms. The molecule has 0 radical (unpaired) electrons. The summed E-state index contributed by atoms with van der Waals surface area (Å²) in [6.07, 6.45) is 0.646. The lowest BCUT2D eigenvalue weighted by atomic mass is 10.1. The van der Waals surface area contributed by atoms with Crippen LogP contribution in [0.3, 0.4) is 0 Å². The van der Waals surface area contributed by atoms with Gasteiger partial charge in [0.25, 0.3) is 5.91 Å². The second kappa shape index (κ2) is 6.45. The van der Waals surface area contributed by atoms with E-state index in [4.69, 9.17) is 23.2 Å². The number of hydrazone groups is 1. The van der Waals surface area contributed by atoms with Crippen molar-refractivity contribution in [1.29, 1.82) is 0 Å². The van der Waals surface area contributed by atoms with Crippen molar-refractivity contribution < 1.29 is 9.59 Å². The molecule has 1 aliphatic rings. The standard InChI is InChI=1S/C14H15Cl2N3O2/c1-8(9-3-4-10(15)11(16)7-9)17-14(21)12-5-6-13(20)19(2)18-12/h3-4,7-8H,5-6H2,1-2H3,(H,17,21)/t8-/m0/s1. The van der Waals surface area contributed by atoms with E-state index in [0.717, 1.165) is 5.56 Å². The first-order valence-electron chi connectivity index (χ1n) is 6.48. The van der Waals surface area contributed by atoms with E-state index in [-0.39, 0.29) is 17.9 Å². The molecule has 1 aromatic rings. The molecule has 0 saturated heterocycles. The summed E-state index contributed by atoms with van der Waals surface area (Å²) >= 11 is 11.8. The minimum atomic E-state index is -0.284. The van der Waals surface area contributed by atoms with Gasteiger partial charge in [-0.3, -0.25) is 9.59 Å². The van der Waals surface area contributed by atoms with Crippen molar-refractivity contribution >= 4 is 40.7 Å². The highest BCUT2D eigenvalue weighted by atomic mass is 35.5. The fraction of sp³-hybridized carbons (Fsp3) is 0.357. The first-order chi connectivity index (χ1) is 9.88. The van der Waals surface area contributed by atoms with Gasteiger partial charge in [0.15, 0.2) is 0 Å². The van der Waals surface area contributed by atoms with Crippen molar-refractivity contribution in [2.24, 2.45) is 5.10 Å². The number of carbonyl (C=O) groups is 2. The summed E-state index contributed by atoms with van der Waals surface area (Å²) in [4.78, 5) is 23.5. The van der Waals surface area contributed by atoms with E-state index in [1.165, 1.54) is 12.1 Å². The zero-order valence-corrected chi connectivity index (χ0v) is 13.2. The molecule has 5 nitrogen and oxygen atoms in total. The molecule has 0 saturated carbocycles. The Labute approximate surface area is 132 Å². The smallest absolute Gasteiger partial charge is 0.267 e. The molecule has 0 aliphatic carbocycles. The number of nitrogens with one attached hydrogen (secondary N) is 1. The molecule has 2 rings (SSSR count). The third kappa shape index (κ3) is 3.74. The molecule has 0 aromatic heterocycles. The van der Waals surface area contributed by atoms with Gasteiger partial charge >= 0.3 is 0 Å². The van der Waals surface area contributed by atoms with Gasteiger partial charge in [-0.05, 0) is 24.6 Å². The van der Waals surface area contributed by atoms with E-state index in [0.29, 0.717) is 28.6 Å². The number of carbonyl (C=O) groups excluding carboxylic acids is 2. The largest absolute Gasteiger partial charge is 0.344 e. The molecule has 1 atom stereocenters. The van der Waals surface area contributed by atoms with Crippen LogP contribution in [0.1, 0.15) is 31.4 Å². The Kier molecular flexibility index (Phi) is 4.85. The summed E-state index contributed by atoms with van der Waals surface area (Å²) in [5.74, 6) is -0.378. The van der Waals surface area contributed by atoms with E-state index in [1.807, 2.05) is 6.92 Å². The van der Waals surface area contributed by atoms with Gasteiger partial charge in [0.05, 0.1) is 16.1 Å². The van der Waals surface area contributed by atoms with Crippen molar-refractivity contribution in [3.05, 3.63) is 33.8 Å². The van der Waals surface area contributed by atoms with Gasteiger partial charge in [0.2, 0.25) is 5.91 Å². The van der Waals surface area contributed by atoms with E-state index in [1.54, 1.807) is 18.2 Å². The van der Waals surface area contributed by atoms with Crippen LogP contribution in [0, 0.1) is 0 Å². The first-order valence-corrected chi connectivity index (χ1v) is 7.24. The van der Waals surface area contributed by atoms with Gasteiger partial charge in [-0.15, -0.1) is 0 Å². The normalized spacial score (nSPS) is 16.5. The van der Waals surface area contributed by atoms with Crippen LogP contribution >= 0.6 is 23.2 Å². The molecule has 0 unspecified atom stereocenters. The van der Waals surface area contributed by atoms with E-state index >= 15 is 0 Å². The van der Waals surface area contributed by atoms with Gasteiger partial charge < -0.3 is 5.32 Å². The van der Waals surface area contributed by atoms with Gasteiger partial charge in [-0.25, -0.2) is 5.01 Å². The summed E-state index contributed by atoms with van der Waals surface area (Å²) in [5.41, 5.74) is 1.20. The molecule has 2 amide bonds. The summed E-state index contributed by atoms with van der Waals surface area (Å²) in [6.45, 7) is 1.84. The van der Waals surface area contributed by atoms with E-state index in [2.05, 4.69) is 10.4 Å². The van der Waals surface area contributed by atoms with Crippen molar-refractivity contribution in [3.63, 3.8) is 0 Å². The number of hydrogen-bond acceptors (Lipinski definition) is 3. The Bertz CT molecular complexity index is 616.